The number of fused-ring (bicyclic) bond motifs is 2. The molecule has 0 spiro atoms. The van der Waals surface area contributed by atoms with Crippen LogP contribution in [0, 0.1) is 0 Å². The van der Waals surface area contributed by atoms with E-state index in [9.17, 15) is 0 Å². The van der Waals surface area contributed by atoms with Crippen LogP contribution in [0.1, 0.15) is 0 Å². The molecule has 0 N–H and O–H groups in total. The number of anilines is 3. The van der Waals surface area contributed by atoms with Crippen molar-refractivity contribution >= 4 is 38.7 Å². The van der Waals surface area contributed by atoms with Crippen LogP contribution in [-0.4, -0.2) is 4.57 Å². The van der Waals surface area contributed by atoms with Gasteiger partial charge in [-0.1, -0.05) is 91.0 Å². The Morgan fingerprint density at radius 3 is 1.92 bits per heavy atom. The molecule has 0 aliphatic heterocycles. The van der Waals surface area contributed by atoms with Gasteiger partial charge in [0.1, 0.15) is 0 Å². The summed E-state index contributed by atoms with van der Waals surface area (Å²) < 4.78 is 2.24. The summed E-state index contributed by atoms with van der Waals surface area (Å²) in [5.74, 6) is 0. The van der Waals surface area contributed by atoms with E-state index in [1.54, 1.807) is 0 Å². The van der Waals surface area contributed by atoms with E-state index in [1.807, 2.05) is 0 Å². The first-order valence-electron chi connectivity index (χ1n) is 13.0. The van der Waals surface area contributed by atoms with E-state index in [0.717, 1.165) is 17.1 Å². The lowest BCUT2D eigenvalue weighted by molar-refractivity contribution is 1.13. The van der Waals surface area contributed by atoms with E-state index in [0.29, 0.717) is 0 Å². The van der Waals surface area contributed by atoms with Gasteiger partial charge in [-0.25, -0.2) is 0 Å². The molecule has 0 aliphatic rings. The number of benzene rings is 6. The zero-order valence-electron chi connectivity index (χ0n) is 20.9. The van der Waals surface area contributed by atoms with Crippen molar-refractivity contribution in [1.82, 2.24) is 4.57 Å². The summed E-state index contributed by atoms with van der Waals surface area (Å²) in [6.45, 7) is 0. The van der Waals surface area contributed by atoms with Gasteiger partial charge in [-0.2, -0.15) is 0 Å². The molecule has 7 rings (SSSR count). The first kappa shape index (κ1) is 22.1. The summed E-state index contributed by atoms with van der Waals surface area (Å²) >= 11 is 0. The Hall–Kier alpha value is -5.08. The molecule has 0 saturated carbocycles. The van der Waals surface area contributed by atoms with Crippen LogP contribution in [0.25, 0.3) is 38.5 Å². The molecule has 0 unspecified atom stereocenters. The lowest BCUT2D eigenvalue weighted by atomic mass is 9.98. The molecular weight excluding hydrogens is 460 g/mol. The smallest absolute Gasteiger partial charge is 0.0529 e. The van der Waals surface area contributed by atoms with Crippen molar-refractivity contribution in [3.05, 3.63) is 158 Å². The molecule has 0 saturated heterocycles. The molecule has 0 aliphatic carbocycles. The molecule has 0 atom stereocenters. The molecule has 38 heavy (non-hydrogen) atoms. The van der Waals surface area contributed by atoms with Gasteiger partial charge in [-0.05, 0) is 82.6 Å². The largest absolute Gasteiger partial charge is 0.317 e. The van der Waals surface area contributed by atoms with E-state index in [-0.39, 0.29) is 0 Å². The SMILES string of the molecule is c1ccc(N(c2ccc(-c3cccc4ccccc34)cc2)c2ccc3c(ccn3-c3ccccc3)c2)cc1. The van der Waals surface area contributed by atoms with E-state index in [4.69, 9.17) is 0 Å². The number of nitrogens with zero attached hydrogens (tertiary/aromatic N) is 2. The molecule has 6 aromatic carbocycles. The van der Waals surface area contributed by atoms with Gasteiger partial charge >= 0.3 is 0 Å². The Bertz CT molecular complexity index is 1840. The van der Waals surface area contributed by atoms with Crippen LogP contribution < -0.4 is 4.90 Å². The Labute approximate surface area is 222 Å². The van der Waals surface area contributed by atoms with Gasteiger partial charge in [0.2, 0.25) is 0 Å². The summed E-state index contributed by atoms with van der Waals surface area (Å²) in [5.41, 5.74) is 8.22. The maximum atomic E-state index is 2.33. The molecule has 0 radical (unpaired) electrons. The van der Waals surface area contributed by atoms with Gasteiger partial charge in [-0.3, -0.25) is 0 Å². The second-order valence-corrected chi connectivity index (χ2v) is 9.51. The van der Waals surface area contributed by atoms with Crippen molar-refractivity contribution < 1.29 is 0 Å². The average molecular weight is 487 g/mol. The zero-order valence-corrected chi connectivity index (χ0v) is 20.9. The van der Waals surface area contributed by atoms with E-state index >= 15 is 0 Å². The van der Waals surface area contributed by atoms with Crippen molar-refractivity contribution in [2.45, 2.75) is 0 Å². The highest BCUT2D eigenvalue weighted by Gasteiger charge is 2.14. The molecule has 7 aromatic rings. The van der Waals surface area contributed by atoms with Crippen LogP contribution in [0.4, 0.5) is 17.1 Å². The predicted octanol–water partition coefficient (Wildman–Crippen LogP) is 9.92. The highest BCUT2D eigenvalue weighted by molar-refractivity contribution is 5.97. The molecule has 180 valence electrons. The van der Waals surface area contributed by atoms with Crippen LogP contribution in [0.3, 0.4) is 0 Å². The minimum absolute atomic E-state index is 1.13. The van der Waals surface area contributed by atoms with Crippen molar-refractivity contribution in [3.63, 3.8) is 0 Å². The summed E-state index contributed by atoms with van der Waals surface area (Å²) in [6.07, 6.45) is 2.15. The van der Waals surface area contributed by atoms with Crippen LogP contribution >= 0.6 is 0 Å². The van der Waals surface area contributed by atoms with Crippen molar-refractivity contribution in [2.24, 2.45) is 0 Å². The number of para-hydroxylation sites is 2. The van der Waals surface area contributed by atoms with Crippen LogP contribution in [-0.2, 0) is 0 Å². The Balaban J connectivity index is 1.31. The molecule has 1 heterocycles. The second kappa shape index (κ2) is 9.42. The van der Waals surface area contributed by atoms with Gasteiger partial charge in [-0.15, -0.1) is 0 Å². The maximum Gasteiger partial charge on any atom is 0.0529 e. The summed E-state index contributed by atoms with van der Waals surface area (Å²) in [7, 11) is 0. The summed E-state index contributed by atoms with van der Waals surface area (Å²) in [5, 5.41) is 3.74. The third kappa shape index (κ3) is 3.93. The van der Waals surface area contributed by atoms with E-state index in [1.165, 1.54) is 38.5 Å². The van der Waals surface area contributed by atoms with E-state index in [2.05, 4.69) is 167 Å². The van der Waals surface area contributed by atoms with E-state index < -0.39 is 0 Å². The standard InChI is InChI=1S/C36H26N2/c1-3-12-30(13-4-1)37-25-24-29-26-33(22-23-36(29)37)38(31-14-5-2-6-15-31)32-20-18-28(19-21-32)35-17-9-11-27-10-7-8-16-34(27)35/h1-26H. The molecule has 2 heteroatoms. The fourth-order valence-corrected chi connectivity index (χ4v) is 5.37. The Kier molecular flexibility index (Phi) is 5.49. The molecule has 2 nitrogen and oxygen atoms in total. The lowest BCUT2D eigenvalue weighted by Crippen LogP contribution is -2.09. The first-order chi connectivity index (χ1) is 18.8. The van der Waals surface area contributed by atoms with Crippen LogP contribution in [0.15, 0.2) is 158 Å². The Morgan fingerprint density at radius 1 is 0.447 bits per heavy atom. The van der Waals surface area contributed by atoms with Gasteiger partial charge < -0.3 is 9.47 Å². The Morgan fingerprint density at radius 2 is 1.11 bits per heavy atom. The molecular formula is C36H26N2. The number of hydrogen-bond donors (Lipinski definition) is 0. The predicted molar refractivity (Wildman–Crippen MR) is 161 cm³/mol. The highest BCUT2D eigenvalue weighted by Crippen LogP contribution is 2.38. The highest BCUT2D eigenvalue weighted by atomic mass is 15.1. The number of hydrogen-bond acceptors (Lipinski definition) is 1. The van der Waals surface area contributed by atoms with Crippen LogP contribution in [0.2, 0.25) is 0 Å². The third-order valence-corrected chi connectivity index (χ3v) is 7.21. The average Bonchev–Trinajstić information content (AvgIpc) is 3.42. The maximum absolute atomic E-state index is 2.33. The third-order valence-electron chi connectivity index (χ3n) is 7.21. The molecule has 0 fully saturated rings. The van der Waals surface area contributed by atoms with Gasteiger partial charge in [0, 0.05) is 34.3 Å². The molecule has 0 amide bonds. The quantitative estimate of drug-likeness (QED) is 0.235. The van der Waals surface area contributed by atoms with Gasteiger partial charge in [0.15, 0.2) is 0 Å². The summed E-state index contributed by atoms with van der Waals surface area (Å²) in [6, 6.07) is 54.0. The minimum Gasteiger partial charge on any atom is -0.317 e. The van der Waals surface area contributed by atoms with Gasteiger partial charge in [0.25, 0.3) is 0 Å². The monoisotopic (exact) mass is 486 g/mol. The van der Waals surface area contributed by atoms with Crippen molar-refractivity contribution in [3.8, 4) is 16.8 Å². The fraction of sp³-hybridized carbons (Fsp3) is 0. The normalized spacial score (nSPS) is 11.2. The summed E-state index contributed by atoms with van der Waals surface area (Å²) in [4.78, 5) is 2.33. The molecule has 0 bridgehead atoms. The fourth-order valence-electron chi connectivity index (χ4n) is 5.37. The lowest BCUT2D eigenvalue weighted by Gasteiger charge is -2.26. The van der Waals surface area contributed by atoms with Crippen molar-refractivity contribution in [1.29, 1.82) is 0 Å². The first-order valence-corrected chi connectivity index (χ1v) is 13.0. The molecule has 1 aromatic heterocycles. The topological polar surface area (TPSA) is 8.17 Å². The zero-order chi connectivity index (χ0) is 25.3. The van der Waals surface area contributed by atoms with Crippen LogP contribution in [0.5, 0.6) is 0 Å². The number of aromatic nitrogens is 1. The van der Waals surface area contributed by atoms with Crippen molar-refractivity contribution in [2.75, 3.05) is 4.90 Å². The minimum atomic E-state index is 1.13. The van der Waals surface area contributed by atoms with Gasteiger partial charge in [0.05, 0.1) is 5.52 Å². The second-order valence-electron chi connectivity index (χ2n) is 9.51. The number of rotatable bonds is 5.